The molecule has 0 spiro atoms. The van der Waals surface area contributed by atoms with Gasteiger partial charge in [0.2, 0.25) is 5.91 Å². The van der Waals surface area contributed by atoms with Crippen molar-refractivity contribution in [3.63, 3.8) is 0 Å². The molecule has 4 heteroatoms. The summed E-state index contributed by atoms with van der Waals surface area (Å²) < 4.78 is 0. The molecule has 0 aliphatic carbocycles. The summed E-state index contributed by atoms with van der Waals surface area (Å²) in [7, 11) is 2.19. The van der Waals surface area contributed by atoms with E-state index in [-0.39, 0.29) is 5.91 Å². The van der Waals surface area contributed by atoms with Gasteiger partial charge in [0, 0.05) is 24.7 Å². The van der Waals surface area contributed by atoms with Gasteiger partial charge in [-0.2, -0.15) is 0 Å². The number of rotatable bonds is 6. The maximum absolute atomic E-state index is 11.2. The van der Waals surface area contributed by atoms with E-state index in [0.717, 1.165) is 26.2 Å². The Morgan fingerprint density at radius 3 is 2.28 bits per heavy atom. The van der Waals surface area contributed by atoms with Gasteiger partial charge < -0.3 is 5.73 Å². The number of primary amides is 1. The van der Waals surface area contributed by atoms with Crippen LogP contribution in [0.1, 0.15) is 34.3 Å². The molecule has 2 N–H and O–H groups in total. The lowest BCUT2D eigenvalue weighted by molar-refractivity contribution is 0.1000. The highest BCUT2D eigenvalue weighted by Gasteiger charge is 2.22. The number of benzene rings is 2. The molecule has 1 aliphatic rings. The van der Waals surface area contributed by atoms with E-state index >= 15 is 0 Å². The van der Waals surface area contributed by atoms with Gasteiger partial charge in [0.15, 0.2) is 0 Å². The average Bonchev–Trinajstić information content (AvgIpc) is 2.63. The Hall–Kier alpha value is -2.17. The van der Waals surface area contributed by atoms with Gasteiger partial charge >= 0.3 is 0 Å². The summed E-state index contributed by atoms with van der Waals surface area (Å²) >= 11 is 0. The number of amides is 1. The van der Waals surface area contributed by atoms with E-state index < -0.39 is 0 Å². The number of carbonyl (C=O) groups is 1. The zero-order chi connectivity index (χ0) is 17.6. The molecule has 0 saturated carbocycles. The summed E-state index contributed by atoms with van der Waals surface area (Å²) in [6.07, 6.45) is 2.39. The Labute approximate surface area is 150 Å². The smallest absolute Gasteiger partial charge is 0.248 e. The second-order valence-corrected chi connectivity index (χ2v) is 6.97. The van der Waals surface area contributed by atoms with Crippen molar-refractivity contribution in [2.45, 2.75) is 32.0 Å². The SMILES string of the molecule is CN(Cc1ccc(C(N)=O)cc1)C1CCN(Cc2ccccc2)CC1. The third-order valence-corrected chi connectivity index (χ3v) is 5.10. The molecule has 2 aromatic carbocycles. The summed E-state index contributed by atoms with van der Waals surface area (Å²) in [4.78, 5) is 16.1. The van der Waals surface area contributed by atoms with Crippen LogP contribution in [0.5, 0.6) is 0 Å². The third kappa shape index (κ3) is 4.91. The highest BCUT2D eigenvalue weighted by atomic mass is 16.1. The van der Waals surface area contributed by atoms with Crippen molar-refractivity contribution in [2.75, 3.05) is 20.1 Å². The van der Waals surface area contributed by atoms with Gasteiger partial charge in [-0.1, -0.05) is 42.5 Å². The predicted octanol–water partition coefficient (Wildman–Crippen LogP) is 2.88. The second-order valence-electron chi connectivity index (χ2n) is 6.97. The molecule has 0 radical (unpaired) electrons. The van der Waals surface area contributed by atoms with Crippen LogP contribution in [-0.2, 0) is 13.1 Å². The van der Waals surface area contributed by atoms with Crippen LogP contribution < -0.4 is 5.73 Å². The van der Waals surface area contributed by atoms with Crippen molar-refractivity contribution in [1.82, 2.24) is 9.80 Å². The summed E-state index contributed by atoms with van der Waals surface area (Å²) in [5.74, 6) is -0.370. The molecule has 0 aromatic heterocycles. The largest absolute Gasteiger partial charge is 0.366 e. The highest BCUT2D eigenvalue weighted by molar-refractivity contribution is 5.92. The minimum Gasteiger partial charge on any atom is -0.366 e. The lowest BCUT2D eigenvalue weighted by atomic mass is 10.0. The van der Waals surface area contributed by atoms with E-state index in [1.54, 1.807) is 0 Å². The van der Waals surface area contributed by atoms with Crippen LogP contribution in [0, 0.1) is 0 Å². The normalized spacial score (nSPS) is 16.2. The van der Waals surface area contributed by atoms with Gasteiger partial charge in [-0.05, 0) is 56.2 Å². The number of hydrogen-bond acceptors (Lipinski definition) is 3. The quantitative estimate of drug-likeness (QED) is 0.882. The Morgan fingerprint density at radius 1 is 1.04 bits per heavy atom. The molecule has 1 saturated heterocycles. The van der Waals surface area contributed by atoms with Gasteiger partial charge in [0.05, 0.1) is 0 Å². The van der Waals surface area contributed by atoms with Crippen molar-refractivity contribution in [2.24, 2.45) is 5.73 Å². The maximum Gasteiger partial charge on any atom is 0.248 e. The van der Waals surface area contributed by atoms with Crippen LogP contribution in [0.4, 0.5) is 0 Å². The molecule has 1 heterocycles. The van der Waals surface area contributed by atoms with Crippen molar-refractivity contribution >= 4 is 5.91 Å². The topological polar surface area (TPSA) is 49.6 Å². The third-order valence-electron chi connectivity index (χ3n) is 5.10. The molecule has 25 heavy (non-hydrogen) atoms. The fourth-order valence-electron chi connectivity index (χ4n) is 3.55. The molecule has 3 rings (SSSR count). The first-order chi connectivity index (χ1) is 12.1. The number of nitrogens with two attached hydrogens (primary N) is 1. The van der Waals surface area contributed by atoms with Crippen LogP contribution in [0.15, 0.2) is 54.6 Å². The van der Waals surface area contributed by atoms with Crippen LogP contribution >= 0.6 is 0 Å². The van der Waals surface area contributed by atoms with Crippen molar-refractivity contribution in [3.05, 3.63) is 71.3 Å². The van der Waals surface area contributed by atoms with Crippen LogP contribution in [0.3, 0.4) is 0 Å². The standard InChI is InChI=1S/C21H27N3O/c1-23(15-18-7-9-19(10-8-18)21(22)25)20-11-13-24(14-12-20)16-17-5-3-2-4-6-17/h2-10,20H,11-16H2,1H3,(H2,22,25). The molecule has 0 unspecified atom stereocenters. The first-order valence-corrected chi connectivity index (χ1v) is 8.97. The fraction of sp³-hybridized carbons (Fsp3) is 0.381. The van der Waals surface area contributed by atoms with Crippen LogP contribution in [-0.4, -0.2) is 41.9 Å². The summed E-state index contributed by atoms with van der Waals surface area (Å²) in [6, 6.07) is 18.9. The van der Waals surface area contributed by atoms with E-state index in [2.05, 4.69) is 47.2 Å². The zero-order valence-electron chi connectivity index (χ0n) is 14.9. The molecular formula is C21H27N3O. The lowest BCUT2D eigenvalue weighted by Crippen LogP contribution is -2.42. The Balaban J connectivity index is 1.48. The van der Waals surface area contributed by atoms with Gasteiger partial charge in [-0.15, -0.1) is 0 Å². The monoisotopic (exact) mass is 337 g/mol. The summed E-state index contributed by atoms with van der Waals surface area (Å²) in [6.45, 7) is 4.24. The molecule has 1 aliphatic heterocycles. The van der Waals surface area contributed by atoms with Gasteiger partial charge in [-0.25, -0.2) is 0 Å². The summed E-state index contributed by atoms with van der Waals surface area (Å²) in [5.41, 5.74) is 8.48. The van der Waals surface area contributed by atoms with Gasteiger partial charge in [0.25, 0.3) is 0 Å². The second kappa shape index (κ2) is 8.28. The fourth-order valence-corrected chi connectivity index (χ4v) is 3.55. The number of piperidine rings is 1. The Morgan fingerprint density at radius 2 is 1.68 bits per heavy atom. The van der Waals surface area contributed by atoms with E-state index in [1.807, 2.05) is 24.3 Å². The molecule has 0 bridgehead atoms. The number of carbonyl (C=O) groups excluding carboxylic acids is 1. The van der Waals surface area contributed by atoms with E-state index in [9.17, 15) is 4.79 Å². The van der Waals surface area contributed by atoms with E-state index in [1.165, 1.54) is 24.0 Å². The molecule has 1 amide bonds. The number of hydrogen-bond donors (Lipinski definition) is 1. The minimum atomic E-state index is -0.370. The molecule has 4 nitrogen and oxygen atoms in total. The molecule has 1 fully saturated rings. The molecule has 2 aromatic rings. The Kier molecular flexibility index (Phi) is 5.84. The highest BCUT2D eigenvalue weighted by Crippen LogP contribution is 2.19. The van der Waals surface area contributed by atoms with Crippen LogP contribution in [0.2, 0.25) is 0 Å². The predicted molar refractivity (Wildman–Crippen MR) is 101 cm³/mol. The lowest BCUT2D eigenvalue weighted by Gasteiger charge is -2.36. The van der Waals surface area contributed by atoms with Crippen LogP contribution in [0.25, 0.3) is 0 Å². The average molecular weight is 337 g/mol. The molecule has 0 atom stereocenters. The van der Waals surface area contributed by atoms with Gasteiger partial charge in [0.1, 0.15) is 0 Å². The first-order valence-electron chi connectivity index (χ1n) is 8.97. The summed E-state index contributed by atoms with van der Waals surface area (Å²) in [5, 5.41) is 0. The number of nitrogens with zero attached hydrogens (tertiary/aromatic N) is 2. The minimum absolute atomic E-state index is 0.370. The van der Waals surface area contributed by atoms with Crippen molar-refractivity contribution in [3.8, 4) is 0 Å². The number of likely N-dealkylation sites (tertiary alicyclic amines) is 1. The first kappa shape index (κ1) is 17.6. The molecule has 132 valence electrons. The zero-order valence-corrected chi connectivity index (χ0v) is 14.9. The van der Waals surface area contributed by atoms with E-state index in [0.29, 0.717) is 11.6 Å². The Bertz CT molecular complexity index is 676. The molecular weight excluding hydrogens is 310 g/mol. The van der Waals surface area contributed by atoms with E-state index in [4.69, 9.17) is 5.73 Å². The van der Waals surface area contributed by atoms with Gasteiger partial charge in [-0.3, -0.25) is 14.6 Å². The van der Waals surface area contributed by atoms with Crippen molar-refractivity contribution in [1.29, 1.82) is 0 Å². The van der Waals surface area contributed by atoms with Crippen molar-refractivity contribution < 1.29 is 4.79 Å². The maximum atomic E-state index is 11.2.